The molecule has 2 aromatic rings. The summed E-state index contributed by atoms with van der Waals surface area (Å²) < 4.78 is 0.761. The summed E-state index contributed by atoms with van der Waals surface area (Å²) in [5, 5.41) is 0.257. The number of benzene rings is 1. The minimum Gasteiger partial charge on any atom is -0.339 e. The highest BCUT2D eigenvalue weighted by Gasteiger charge is 2.28. The lowest BCUT2D eigenvalue weighted by atomic mass is 9.81. The van der Waals surface area contributed by atoms with Crippen LogP contribution in [0.15, 0.2) is 47.1 Å². The lowest BCUT2D eigenvalue weighted by Gasteiger charge is -2.35. The monoisotopic (exact) mass is 406 g/mol. The second-order valence-electron chi connectivity index (χ2n) is 6.32. The Hall–Kier alpha value is -1.39. The molecule has 1 aromatic carbocycles. The van der Waals surface area contributed by atoms with Crippen molar-refractivity contribution in [2.24, 2.45) is 0 Å². The molecule has 1 aromatic heterocycles. The van der Waals surface area contributed by atoms with Gasteiger partial charge in [0.05, 0.1) is 5.56 Å². The molecule has 24 heavy (non-hydrogen) atoms. The molecule has 1 amide bonds. The Kier molecular flexibility index (Phi) is 5.57. The Morgan fingerprint density at radius 1 is 1.21 bits per heavy atom. The van der Waals surface area contributed by atoms with E-state index in [1.807, 2.05) is 11.9 Å². The number of carbonyl (C=O) groups excluding carboxylic acids is 1. The number of amides is 1. The molecule has 0 bridgehead atoms. The van der Waals surface area contributed by atoms with E-state index in [-0.39, 0.29) is 17.1 Å². The van der Waals surface area contributed by atoms with Crippen LogP contribution in [0, 0.1) is 0 Å². The van der Waals surface area contributed by atoms with Gasteiger partial charge in [0, 0.05) is 23.8 Å². The van der Waals surface area contributed by atoms with E-state index in [1.165, 1.54) is 5.56 Å². The molecule has 1 heterocycles. The zero-order chi connectivity index (χ0) is 17.1. The van der Waals surface area contributed by atoms with E-state index in [9.17, 15) is 4.79 Å². The molecule has 0 N–H and O–H groups in total. The molecule has 3 nitrogen and oxygen atoms in total. The first kappa shape index (κ1) is 17.4. The summed E-state index contributed by atoms with van der Waals surface area (Å²) in [6.45, 7) is 0. The van der Waals surface area contributed by atoms with Crippen molar-refractivity contribution in [1.29, 1.82) is 0 Å². The second-order valence-corrected chi connectivity index (χ2v) is 7.60. The Balaban J connectivity index is 1.65. The Morgan fingerprint density at radius 2 is 1.88 bits per heavy atom. The molecule has 1 aliphatic carbocycles. The van der Waals surface area contributed by atoms with Gasteiger partial charge in [0.25, 0.3) is 5.91 Å². The van der Waals surface area contributed by atoms with Crippen molar-refractivity contribution in [1.82, 2.24) is 9.88 Å². The third-order valence-corrected chi connectivity index (χ3v) is 5.61. The molecule has 0 unspecified atom stereocenters. The standard InChI is InChI=1S/C19H20BrClN2O/c1-23(19(24)17-11-15(20)12-22-18(17)21)16-9-7-14(8-10-16)13-5-3-2-4-6-13/h2-6,11-12,14,16H,7-10H2,1H3. The van der Waals surface area contributed by atoms with E-state index in [0.717, 1.165) is 30.2 Å². The number of halogens is 2. The summed E-state index contributed by atoms with van der Waals surface area (Å²) in [5.41, 5.74) is 1.86. The summed E-state index contributed by atoms with van der Waals surface area (Å²) in [6, 6.07) is 12.6. The molecule has 0 aliphatic heterocycles. The fourth-order valence-electron chi connectivity index (χ4n) is 3.45. The number of pyridine rings is 1. The van der Waals surface area contributed by atoms with Crippen LogP contribution in [0.3, 0.4) is 0 Å². The van der Waals surface area contributed by atoms with E-state index in [0.29, 0.717) is 11.5 Å². The van der Waals surface area contributed by atoms with Gasteiger partial charge in [0.15, 0.2) is 0 Å². The Morgan fingerprint density at radius 3 is 2.54 bits per heavy atom. The van der Waals surface area contributed by atoms with Gasteiger partial charge in [-0.25, -0.2) is 4.98 Å². The molecular weight excluding hydrogens is 388 g/mol. The third kappa shape index (κ3) is 3.81. The van der Waals surface area contributed by atoms with Crippen molar-refractivity contribution >= 4 is 33.4 Å². The topological polar surface area (TPSA) is 33.2 Å². The summed E-state index contributed by atoms with van der Waals surface area (Å²) in [7, 11) is 1.87. The number of aromatic nitrogens is 1. The van der Waals surface area contributed by atoms with Crippen molar-refractivity contribution in [3.8, 4) is 0 Å². The van der Waals surface area contributed by atoms with Crippen LogP contribution in [-0.2, 0) is 0 Å². The van der Waals surface area contributed by atoms with E-state index < -0.39 is 0 Å². The van der Waals surface area contributed by atoms with E-state index >= 15 is 0 Å². The quantitative estimate of drug-likeness (QED) is 0.647. The van der Waals surface area contributed by atoms with Gasteiger partial charge in [0.1, 0.15) is 5.15 Å². The fourth-order valence-corrected chi connectivity index (χ4v) is 3.97. The molecule has 0 saturated heterocycles. The van der Waals surface area contributed by atoms with Gasteiger partial charge in [-0.1, -0.05) is 41.9 Å². The lowest BCUT2D eigenvalue weighted by Crippen LogP contribution is -2.39. The number of carbonyl (C=O) groups is 1. The van der Waals surface area contributed by atoms with E-state index in [2.05, 4.69) is 51.2 Å². The molecule has 0 radical (unpaired) electrons. The van der Waals surface area contributed by atoms with Crippen molar-refractivity contribution < 1.29 is 4.79 Å². The maximum absolute atomic E-state index is 12.7. The highest BCUT2D eigenvalue weighted by atomic mass is 79.9. The first-order chi connectivity index (χ1) is 11.6. The summed E-state index contributed by atoms with van der Waals surface area (Å²) in [4.78, 5) is 18.6. The number of nitrogens with zero attached hydrogens (tertiary/aromatic N) is 2. The van der Waals surface area contributed by atoms with Gasteiger partial charge in [0.2, 0.25) is 0 Å². The normalized spacial score (nSPS) is 20.6. The zero-order valence-electron chi connectivity index (χ0n) is 13.6. The molecule has 1 fully saturated rings. The van der Waals surface area contributed by atoms with Crippen LogP contribution in [0.1, 0.15) is 47.5 Å². The van der Waals surface area contributed by atoms with Crippen LogP contribution in [0.25, 0.3) is 0 Å². The zero-order valence-corrected chi connectivity index (χ0v) is 15.9. The smallest absolute Gasteiger partial charge is 0.257 e. The molecule has 0 spiro atoms. The van der Waals surface area contributed by atoms with Crippen molar-refractivity contribution in [3.05, 3.63) is 63.3 Å². The average Bonchev–Trinajstić information content (AvgIpc) is 2.63. The third-order valence-electron chi connectivity index (χ3n) is 4.87. The highest BCUT2D eigenvalue weighted by Crippen LogP contribution is 2.35. The molecule has 3 rings (SSSR count). The van der Waals surface area contributed by atoms with Gasteiger partial charge in [-0.3, -0.25) is 4.79 Å². The predicted molar refractivity (Wildman–Crippen MR) is 100 cm³/mol. The number of hydrogen-bond acceptors (Lipinski definition) is 2. The highest BCUT2D eigenvalue weighted by molar-refractivity contribution is 9.10. The fraction of sp³-hybridized carbons (Fsp3) is 0.368. The summed E-state index contributed by atoms with van der Waals surface area (Å²) in [5.74, 6) is 0.541. The van der Waals surface area contributed by atoms with Crippen LogP contribution in [0.4, 0.5) is 0 Å². The van der Waals surface area contributed by atoms with Crippen LogP contribution in [0.2, 0.25) is 5.15 Å². The largest absolute Gasteiger partial charge is 0.339 e. The first-order valence-electron chi connectivity index (χ1n) is 8.19. The Bertz CT molecular complexity index is 715. The summed E-state index contributed by atoms with van der Waals surface area (Å²) >= 11 is 9.45. The van der Waals surface area contributed by atoms with Crippen LogP contribution in [-0.4, -0.2) is 28.9 Å². The molecule has 1 saturated carbocycles. The lowest BCUT2D eigenvalue weighted by molar-refractivity contribution is 0.0689. The van der Waals surface area contributed by atoms with Gasteiger partial charge >= 0.3 is 0 Å². The summed E-state index contributed by atoms with van der Waals surface area (Å²) in [6.07, 6.45) is 5.85. The van der Waals surface area contributed by atoms with E-state index in [4.69, 9.17) is 11.6 Å². The van der Waals surface area contributed by atoms with Crippen LogP contribution < -0.4 is 0 Å². The minimum atomic E-state index is -0.0584. The predicted octanol–water partition coefficient (Wildman–Crippen LogP) is 5.30. The van der Waals surface area contributed by atoms with Crippen LogP contribution >= 0.6 is 27.5 Å². The second kappa shape index (κ2) is 7.66. The van der Waals surface area contributed by atoms with E-state index in [1.54, 1.807) is 12.3 Å². The number of rotatable bonds is 3. The Labute approximate surface area is 156 Å². The molecule has 5 heteroatoms. The van der Waals surface area contributed by atoms with Gasteiger partial charge < -0.3 is 4.90 Å². The molecular formula is C19H20BrClN2O. The number of hydrogen-bond donors (Lipinski definition) is 0. The maximum Gasteiger partial charge on any atom is 0.257 e. The first-order valence-corrected chi connectivity index (χ1v) is 9.36. The van der Waals surface area contributed by atoms with Crippen molar-refractivity contribution in [2.75, 3.05) is 7.05 Å². The SMILES string of the molecule is CN(C(=O)c1cc(Br)cnc1Cl)C1CCC(c2ccccc2)CC1. The molecule has 126 valence electrons. The van der Waals surface area contributed by atoms with Gasteiger partial charge in [-0.2, -0.15) is 0 Å². The molecule has 1 aliphatic rings. The maximum atomic E-state index is 12.7. The minimum absolute atomic E-state index is 0.0584. The van der Waals surface area contributed by atoms with Crippen molar-refractivity contribution in [2.45, 2.75) is 37.6 Å². The van der Waals surface area contributed by atoms with Crippen LogP contribution in [0.5, 0.6) is 0 Å². The average molecular weight is 408 g/mol. The van der Waals surface area contributed by atoms with Gasteiger partial charge in [-0.05, 0) is 59.2 Å². The van der Waals surface area contributed by atoms with Crippen molar-refractivity contribution in [3.63, 3.8) is 0 Å². The van der Waals surface area contributed by atoms with Gasteiger partial charge in [-0.15, -0.1) is 0 Å². The molecule has 0 atom stereocenters.